The highest BCUT2D eigenvalue weighted by atomic mass is 19.1. The van der Waals surface area contributed by atoms with Gasteiger partial charge in [-0.05, 0) is 25.0 Å². The number of esters is 1. The van der Waals surface area contributed by atoms with E-state index in [1.807, 2.05) is 0 Å². The maximum absolute atomic E-state index is 14.7. The Kier molecular flexibility index (Phi) is 4.02. The lowest BCUT2D eigenvalue weighted by Crippen LogP contribution is -2.28. The van der Waals surface area contributed by atoms with Crippen molar-refractivity contribution in [3.63, 3.8) is 0 Å². The average molecular weight is 320 g/mol. The lowest BCUT2D eigenvalue weighted by molar-refractivity contribution is -0.117. The fourth-order valence-electron chi connectivity index (χ4n) is 3.03. The quantitative estimate of drug-likeness (QED) is 0.797. The van der Waals surface area contributed by atoms with E-state index in [1.165, 1.54) is 21.9 Å². The molecule has 0 N–H and O–H groups in total. The first-order valence-corrected chi connectivity index (χ1v) is 7.55. The Morgan fingerprint density at radius 1 is 1.09 bits per heavy atom. The average Bonchev–Trinajstić information content (AvgIpc) is 3.15. The number of carbonyl (C=O) groups is 3. The third kappa shape index (κ3) is 2.67. The van der Waals surface area contributed by atoms with Gasteiger partial charge in [0, 0.05) is 31.6 Å². The summed E-state index contributed by atoms with van der Waals surface area (Å²) in [6, 6.07) is 2.78. The van der Waals surface area contributed by atoms with Crippen LogP contribution in [0, 0.1) is 5.82 Å². The fourth-order valence-corrected chi connectivity index (χ4v) is 3.03. The van der Waals surface area contributed by atoms with Crippen molar-refractivity contribution in [2.75, 3.05) is 30.0 Å². The molecule has 0 bridgehead atoms. The first kappa shape index (κ1) is 15.5. The highest BCUT2D eigenvalue weighted by Crippen LogP contribution is 2.33. The molecular weight excluding hydrogens is 303 g/mol. The molecule has 0 aliphatic carbocycles. The van der Waals surface area contributed by atoms with Crippen LogP contribution in [0.15, 0.2) is 12.1 Å². The van der Waals surface area contributed by atoms with E-state index in [4.69, 9.17) is 0 Å². The molecule has 0 spiro atoms. The van der Waals surface area contributed by atoms with Crippen LogP contribution in [0.5, 0.6) is 0 Å². The molecule has 7 heteroatoms. The van der Waals surface area contributed by atoms with Crippen molar-refractivity contribution in [1.82, 2.24) is 0 Å². The number of carbonyl (C=O) groups excluding carboxylic acids is 3. The number of hydrogen-bond acceptors (Lipinski definition) is 4. The molecule has 0 atom stereocenters. The number of benzene rings is 1. The molecule has 2 saturated heterocycles. The molecule has 2 fully saturated rings. The lowest BCUT2D eigenvalue weighted by Gasteiger charge is -2.22. The topological polar surface area (TPSA) is 66.9 Å². The van der Waals surface area contributed by atoms with Crippen molar-refractivity contribution < 1.29 is 23.5 Å². The fraction of sp³-hybridized carbons (Fsp3) is 0.438. The first-order valence-electron chi connectivity index (χ1n) is 7.55. The van der Waals surface area contributed by atoms with Crippen molar-refractivity contribution >= 4 is 29.2 Å². The largest absolute Gasteiger partial charge is 0.465 e. The molecule has 1 aromatic rings. The molecule has 23 heavy (non-hydrogen) atoms. The molecular formula is C16H17FN2O4. The van der Waals surface area contributed by atoms with E-state index in [2.05, 4.69) is 4.74 Å². The molecule has 122 valence electrons. The van der Waals surface area contributed by atoms with Gasteiger partial charge in [-0.3, -0.25) is 9.59 Å². The Morgan fingerprint density at radius 3 is 2.22 bits per heavy atom. The van der Waals surface area contributed by atoms with Gasteiger partial charge >= 0.3 is 5.97 Å². The highest BCUT2D eigenvalue weighted by Gasteiger charge is 2.30. The molecule has 0 radical (unpaired) electrons. The third-order valence-corrected chi connectivity index (χ3v) is 4.19. The van der Waals surface area contributed by atoms with Gasteiger partial charge in [0.15, 0.2) is 5.82 Å². The summed E-state index contributed by atoms with van der Waals surface area (Å²) in [4.78, 5) is 38.6. The monoisotopic (exact) mass is 320 g/mol. The standard InChI is InChI=1S/C16H17FN2O4/c1-23-16(22)11-8-10(18-6-2-4-13(18)20)9-12(15(11)17)19-7-3-5-14(19)21/h8-9H,2-7H2,1H3. The smallest absolute Gasteiger partial charge is 0.341 e. The Morgan fingerprint density at radius 2 is 1.70 bits per heavy atom. The molecule has 2 amide bonds. The SMILES string of the molecule is COC(=O)c1cc(N2CCCC2=O)cc(N2CCCC2=O)c1F. The minimum Gasteiger partial charge on any atom is -0.465 e. The van der Waals surface area contributed by atoms with Crippen molar-refractivity contribution in [3.05, 3.63) is 23.5 Å². The molecule has 0 unspecified atom stereocenters. The van der Waals surface area contributed by atoms with Gasteiger partial charge in [-0.2, -0.15) is 0 Å². The second kappa shape index (κ2) is 5.98. The molecule has 3 rings (SSSR count). The van der Waals surface area contributed by atoms with Crippen LogP contribution in [-0.2, 0) is 14.3 Å². The number of halogens is 1. The Labute approximate surface area is 132 Å². The maximum atomic E-state index is 14.7. The summed E-state index contributed by atoms with van der Waals surface area (Å²) in [7, 11) is 1.16. The van der Waals surface area contributed by atoms with Gasteiger partial charge in [-0.1, -0.05) is 0 Å². The first-order chi connectivity index (χ1) is 11.0. The Balaban J connectivity index is 2.11. The van der Waals surface area contributed by atoms with Crippen LogP contribution in [0.2, 0.25) is 0 Å². The van der Waals surface area contributed by atoms with E-state index in [0.29, 0.717) is 44.5 Å². The van der Waals surface area contributed by atoms with E-state index in [1.54, 1.807) is 0 Å². The number of nitrogens with zero attached hydrogens (tertiary/aromatic N) is 2. The number of amides is 2. The second-order valence-corrected chi connectivity index (χ2v) is 5.62. The highest BCUT2D eigenvalue weighted by molar-refractivity contribution is 6.02. The maximum Gasteiger partial charge on any atom is 0.341 e. The van der Waals surface area contributed by atoms with E-state index in [9.17, 15) is 18.8 Å². The molecule has 2 aliphatic heterocycles. The zero-order valence-corrected chi connectivity index (χ0v) is 12.8. The summed E-state index contributed by atoms with van der Waals surface area (Å²) in [5.74, 6) is -1.89. The van der Waals surface area contributed by atoms with Crippen LogP contribution in [0.4, 0.5) is 15.8 Å². The van der Waals surface area contributed by atoms with Crippen LogP contribution in [0.3, 0.4) is 0 Å². The number of methoxy groups -OCH3 is 1. The van der Waals surface area contributed by atoms with Gasteiger partial charge in [-0.25, -0.2) is 9.18 Å². The van der Waals surface area contributed by atoms with Gasteiger partial charge in [0.25, 0.3) is 0 Å². The van der Waals surface area contributed by atoms with Gasteiger partial charge in [0.1, 0.15) is 0 Å². The molecule has 0 aromatic heterocycles. The van der Waals surface area contributed by atoms with Crippen LogP contribution >= 0.6 is 0 Å². The predicted octanol–water partition coefficient (Wildman–Crippen LogP) is 1.87. The Hall–Kier alpha value is -2.44. The van der Waals surface area contributed by atoms with E-state index >= 15 is 0 Å². The van der Waals surface area contributed by atoms with Crippen LogP contribution in [-0.4, -0.2) is 38.0 Å². The zero-order valence-electron chi connectivity index (χ0n) is 12.8. The summed E-state index contributed by atoms with van der Waals surface area (Å²) in [5.41, 5.74) is 0.188. The predicted molar refractivity (Wildman–Crippen MR) is 80.9 cm³/mol. The van der Waals surface area contributed by atoms with Crippen LogP contribution in [0.25, 0.3) is 0 Å². The number of ether oxygens (including phenoxy) is 1. The summed E-state index contributed by atoms with van der Waals surface area (Å²) in [6.07, 6.45) is 2.11. The van der Waals surface area contributed by atoms with Gasteiger partial charge in [0.05, 0.1) is 18.4 Å². The summed E-state index contributed by atoms with van der Waals surface area (Å²) < 4.78 is 19.3. The van der Waals surface area contributed by atoms with Crippen molar-refractivity contribution in [3.8, 4) is 0 Å². The van der Waals surface area contributed by atoms with Gasteiger partial charge < -0.3 is 14.5 Å². The number of hydrogen-bond donors (Lipinski definition) is 0. The van der Waals surface area contributed by atoms with E-state index in [0.717, 1.165) is 7.11 Å². The van der Waals surface area contributed by atoms with Crippen LogP contribution < -0.4 is 9.80 Å². The van der Waals surface area contributed by atoms with Gasteiger partial charge in [0.2, 0.25) is 11.8 Å². The molecule has 0 saturated carbocycles. The molecule has 6 nitrogen and oxygen atoms in total. The lowest BCUT2D eigenvalue weighted by atomic mass is 10.1. The minimum absolute atomic E-state index is 0.0325. The number of rotatable bonds is 3. The van der Waals surface area contributed by atoms with Crippen molar-refractivity contribution in [1.29, 1.82) is 0 Å². The third-order valence-electron chi connectivity index (χ3n) is 4.19. The summed E-state index contributed by atoms with van der Waals surface area (Å²) in [6.45, 7) is 0.909. The molecule has 2 heterocycles. The van der Waals surface area contributed by atoms with Crippen molar-refractivity contribution in [2.45, 2.75) is 25.7 Å². The normalized spacial score (nSPS) is 18.0. The van der Waals surface area contributed by atoms with Gasteiger partial charge in [-0.15, -0.1) is 0 Å². The summed E-state index contributed by atoms with van der Waals surface area (Å²) in [5, 5.41) is 0. The summed E-state index contributed by atoms with van der Waals surface area (Å²) >= 11 is 0. The van der Waals surface area contributed by atoms with E-state index in [-0.39, 0.29) is 23.1 Å². The van der Waals surface area contributed by atoms with Crippen molar-refractivity contribution in [2.24, 2.45) is 0 Å². The molecule has 1 aromatic carbocycles. The Bertz CT molecular complexity index is 689. The zero-order chi connectivity index (χ0) is 16.6. The van der Waals surface area contributed by atoms with Crippen LogP contribution in [0.1, 0.15) is 36.0 Å². The second-order valence-electron chi connectivity index (χ2n) is 5.62. The minimum atomic E-state index is -0.830. The molecule has 2 aliphatic rings. The van der Waals surface area contributed by atoms with E-state index < -0.39 is 11.8 Å². The number of anilines is 2.